The predicted molar refractivity (Wildman–Crippen MR) is 62.0 cm³/mol. The number of furan rings is 1. The summed E-state index contributed by atoms with van der Waals surface area (Å²) in [5.74, 6) is 3.23. The molecule has 0 saturated carbocycles. The maximum Gasteiger partial charge on any atom is 0.123 e. The highest BCUT2D eigenvalue weighted by Crippen LogP contribution is 2.15. The van der Waals surface area contributed by atoms with Gasteiger partial charge in [0.05, 0.1) is 13.1 Å². The van der Waals surface area contributed by atoms with Crippen molar-refractivity contribution in [3.8, 4) is 0 Å². The van der Waals surface area contributed by atoms with E-state index in [0.717, 1.165) is 17.3 Å². The minimum Gasteiger partial charge on any atom is -0.463 e. The summed E-state index contributed by atoms with van der Waals surface area (Å²) in [6, 6.07) is 3.88. The smallest absolute Gasteiger partial charge is 0.123 e. The van der Waals surface area contributed by atoms with Crippen LogP contribution in [0.1, 0.15) is 37.1 Å². The lowest BCUT2D eigenvalue weighted by molar-refractivity contribution is 0.450. The number of hydrogen-bond donors (Lipinski definition) is 1. The molecule has 2 heterocycles. The Kier molecular flexibility index (Phi) is 3.10. The molecule has 0 spiro atoms. The normalized spacial score (nSPS) is 11.2. The summed E-state index contributed by atoms with van der Waals surface area (Å²) >= 11 is 0. The lowest BCUT2D eigenvalue weighted by Gasteiger charge is -2.08. The van der Waals surface area contributed by atoms with Crippen LogP contribution >= 0.6 is 0 Å². The molecule has 16 heavy (non-hydrogen) atoms. The molecule has 2 aromatic heterocycles. The highest BCUT2D eigenvalue weighted by Gasteiger charge is 2.09. The molecule has 0 aliphatic carbocycles. The Balaban J connectivity index is 2.17. The zero-order valence-corrected chi connectivity index (χ0v) is 9.68. The van der Waals surface area contributed by atoms with Gasteiger partial charge in [0.25, 0.3) is 0 Å². The van der Waals surface area contributed by atoms with Crippen LogP contribution < -0.4 is 5.73 Å². The number of imidazole rings is 1. The van der Waals surface area contributed by atoms with Crippen molar-refractivity contribution in [2.75, 3.05) is 0 Å². The van der Waals surface area contributed by atoms with Gasteiger partial charge in [0.1, 0.15) is 17.3 Å². The Bertz CT molecular complexity index is 456. The summed E-state index contributed by atoms with van der Waals surface area (Å²) < 4.78 is 7.67. The third kappa shape index (κ3) is 2.17. The van der Waals surface area contributed by atoms with Crippen LogP contribution in [-0.2, 0) is 13.1 Å². The number of aromatic nitrogens is 2. The molecule has 4 heteroatoms. The SMILES string of the molecule is CC(C)c1nccn1Cc1ccc(CN)o1. The first-order valence-electron chi connectivity index (χ1n) is 5.49. The summed E-state index contributed by atoms with van der Waals surface area (Å²) in [4.78, 5) is 4.34. The topological polar surface area (TPSA) is 57.0 Å². The van der Waals surface area contributed by atoms with E-state index in [1.807, 2.05) is 24.5 Å². The van der Waals surface area contributed by atoms with Crippen LogP contribution in [0.3, 0.4) is 0 Å². The Labute approximate surface area is 95.1 Å². The zero-order chi connectivity index (χ0) is 11.5. The van der Waals surface area contributed by atoms with Crippen LogP contribution in [0.5, 0.6) is 0 Å². The molecule has 0 fully saturated rings. The summed E-state index contributed by atoms with van der Waals surface area (Å²) in [5, 5.41) is 0. The molecule has 2 N–H and O–H groups in total. The van der Waals surface area contributed by atoms with Crippen molar-refractivity contribution < 1.29 is 4.42 Å². The molecule has 0 saturated heterocycles. The van der Waals surface area contributed by atoms with Crippen LogP contribution in [0.15, 0.2) is 28.9 Å². The molecule has 0 atom stereocenters. The first-order valence-corrected chi connectivity index (χ1v) is 5.49. The van der Waals surface area contributed by atoms with Crippen LogP contribution in [0, 0.1) is 0 Å². The molecule has 0 aliphatic heterocycles. The minimum absolute atomic E-state index is 0.416. The quantitative estimate of drug-likeness (QED) is 0.856. The lowest BCUT2D eigenvalue weighted by atomic mass is 10.2. The van der Waals surface area contributed by atoms with Crippen molar-refractivity contribution in [3.05, 3.63) is 41.9 Å². The van der Waals surface area contributed by atoms with Crippen LogP contribution in [0.2, 0.25) is 0 Å². The first kappa shape index (κ1) is 11.0. The van der Waals surface area contributed by atoms with Gasteiger partial charge in [-0.05, 0) is 12.1 Å². The monoisotopic (exact) mass is 219 g/mol. The molecule has 0 amide bonds. The molecule has 2 aromatic rings. The van der Waals surface area contributed by atoms with E-state index in [0.29, 0.717) is 19.0 Å². The summed E-state index contributed by atoms with van der Waals surface area (Å²) in [6.45, 7) is 5.42. The maximum absolute atomic E-state index is 5.57. The molecule has 0 radical (unpaired) electrons. The van der Waals surface area contributed by atoms with E-state index < -0.39 is 0 Å². The van der Waals surface area contributed by atoms with Gasteiger partial charge in [-0.25, -0.2) is 4.98 Å². The summed E-state index contributed by atoms with van der Waals surface area (Å²) in [6.07, 6.45) is 3.79. The van der Waals surface area contributed by atoms with Gasteiger partial charge in [0.2, 0.25) is 0 Å². The minimum atomic E-state index is 0.416. The molecule has 0 unspecified atom stereocenters. The second-order valence-electron chi connectivity index (χ2n) is 4.14. The van der Waals surface area contributed by atoms with Gasteiger partial charge in [0, 0.05) is 18.3 Å². The molecule has 0 aliphatic rings. The van der Waals surface area contributed by atoms with Crippen molar-refractivity contribution in [1.82, 2.24) is 9.55 Å². The van der Waals surface area contributed by atoms with Crippen LogP contribution in [0.4, 0.5) is 0 Å². The van der Waals surface area contributed by atoms with Crippen LogP contribution in [0.25, 0.3) is 0 Å². The highest BCUT2D eigenvalue weighted by molar-refractivity contribution is 5.09. The number of nitrogens with two attached hydrogens (primary N) is 1. The number of nitrogens with zero attached hydrogens (tertiary/aromatic N) is 2. The fraction of sp³-hybridized carbons (Fsp3) is 0.417. The maximum atomic E-state index is 5.57. The molecule has 2 rings (SSSR count). The average Bonchev–Trinajstić information content (AvgIpc) is 2.87. The first-order chi connectivity index (χ1) is 7.70. The summed E-state index contributed by atoms with van der Waals surface area (Å²) in [7, 11) is 0. The van der Waals surface area contributed by atoms with Crippen molar-refractivity contribution in [2.24, 2.45) is 5.73 Å². The van der Waals surface area contributed by atoms with E-state index in [9.17, 15) is 0 Å². The molecular formula is C12H17N3O. The molecule has 86 valence electrons. The van der Waals surface area contributed by atoms with Gasteiger partial charge < -0.3 is 14.7 Å². The van der Waals surface area contributed by atoms with E-state index >= 15 is 0 Å². The molecule has 0 aromatic carbocycles. The highest BCUT2D eigenvalue weighted by atomic mass is 16.3. The standard InChI is InChI=1S/C12H17N3O/c1-9(2)12-14-5-6-15(12)8-11-4-3-10(7-13)16-11/h3-6,9H,7-8,13H2,1-2H3. The third-order valence-electron chi connectivity index (χ3n) is 2.51. The second kappa shape index (κ2) is 4.53. The van der Waals surface area contributed by atoms with Gasteiger partial charge in [-0.1, -0.05) is 13.8 Å². The van der Waals surface area contributed by atoms with Crippen molar-refractivity contribution in [2.45, 2.75) is 32.9 Å². The number of rotatable bonds is 4. The van der Waals surface area contributed by atoms with Gasteiger partial charge in [0.15, 0.2) is 0 Å². The number of hydrogen-bond acceptors (Lipinski definition) is 3. The fourth-order valence-corrected chi connectivity index (χ4v) is 1.74. The van der Waals surface area contributed by atoms with Crippen molar-refractivity contribution >= 4 is 0 Å². The third-order valence-corrected chi connectivity index (χ3v) is 2.51. The Morgan fingerprint density at radius 2 is 2.12 bits per heavy atom. The van der Waals surface area contributed by atoms with Gasteiger partial charge in [-0.15, -0.1) is 0 Å². The second-order valence-corrected chi connectivity index (χ2v) is 4.14. The largest absolute Gasteiger partial charge is 0.463 e. The lowest BCUT2D eigenvalue weighted by Crippen LogP contribution is -2.05. The average molecular weight is 219 g/mol. The van der Waals surface area contributed by atoms with Gasteiger partial charge >= 0.3 is 0 Å². The predicted octanol–water partition coefficient (Wildman–Crippen LogP) is 2.11. The van der Waals surface area contributed by atoms with Crippen LogP contribution in [-0.4, -0.2) is 9.55 Å². The zero-order valence-electron chi connectivity index (χ0n) is 9.68. The van der Waals surface area contributed by atoms with Crippen molar-refractivity contribution in [1.29, 1.82) is 0 Å². The van der Waals surface area contributed by atoms with Crippen molar-refractivity contribution in [3.63, 3.8) is 0 Å². The summed E-state index contributed by atoms with van der Waals surface area (Å²) in [5.41, 5.74) is 5.50. The van der Waals surface area contributed by atoms with Gasteiger partial charge in [-0.2, -0.15) is 0 Å². The fourth-order valence-electron chi connectivity index (χ4n) is 1.74. The van der Waals surface area contributed by atoms with E-state index in [-0.39, 0.29) is 0 Å². The molecular weight excluding hydrogens is 202 g/mol. The van der Waals surface area contributed by atoms with E-state index in [1.54, 1.807) is 0 Å². The molecule has 0 bridgehead atoms. The Hall–Kier alpha value is -1.55. The van der Waals surface area contributed by atoms with Gasteiger partial charge in [-0.3, -0.25) is 0 Å². The van der Waals surface area contributed by atoms with E-state index in [4.69, 9.17) is 10.2 Å². The Morgan fingerprint density at radius 3 is 2.75 bits per heavy atom. The van der Waals surface area contributed by atoms with E-state index in [1.165, 1.54) is 0 Å². The Morgan fingerprint density at radius 1 is 1.38 bits per heavy atom. The molecule has 4 nitrogen and oxygen atoms in total. The van der Waals surface area contributed by atoms with E-state index in [2.05, 4.69) is 23.4 Å².